The molecule has 0 aromatic heterocycles. The fourth-order valence-corrected chi connectivity index (χ4v) is 2.91. The lowest BCUT2D eigenvalue weighted by Crippen LogP contribution is -2.44. The van der Waals surface area contributed by atoms with E-state index in [0.717, 1.165) is 24.4 Å². The lowest BCUT2D eigenvalue weighted by atomic mass is 9.97. The molecule has 0 bridgehead atoms. The van der Waals surface area contributed by atoms with Crippen LogP contribution in [-0.4, -0.2) is 37.6 Å². The maximum Gasteiger partial charge on any atom is 0.0222 e. The summed E-state index contributed by atoms with van der Waals surface area (Å²) in [6.45, 7) is 10.4. The normalized spacial score (nSPS) is 19.4. The third-order valence-electron chi connectivity index (χ3n) is 4.03. The molecule has 0 aromatic rings. The minimum atomic E-state index is 0.722. The van der Waals surface area contributed by atoms with E-state index in [0.29, 0.717) is 0 Å². The van der Waals surface area contributed by atoms with Gasteiger partial charge in [0.15, 0.2) is 0 Å². The molecule has 1 N–H and O–H groups in total. The molecule has 102 valence electrons. The van der Waals surface area contributed by atoms with Gasteiger partial charge in [-0.2, -0.15) is 0 Å². The monoisotopic (exact) mass is 240 g/mol. The molecule has 2 heteroatoms. The summed E-state index contributed by atoms with van der Waals surface area (Å²) in [5.41, 5.74) is 0. The van der Waals surface area contributed by atoms with Gasteiger partial charge in [-0.15, -0.1) is 0 Å². The van der Waals surface area contributed by atoms with Crippen LogP contribution in [0, 0.1) is 11.8 Å². The average Bonchev–Trinajstić information content (AvgIpc) is 2.79. The largest absolute Gasteiger partial charge is 0.313 e. The second kappa shape index (κ2) is 8.10. The molecule has 1 rings (SSSR count). The molecule has 17 heavy (non-hydrogen) atoms. The predicted molar refractivity (Wildman–Crippen MR) is 76.4 cm³/mol. The highest BCUT2D eigenvalue weighted by Crippen LogP contribution is 2.28. The van der Waals surface area contributed by atoms with Crippen molar-refractivity contribution in [3.05, 3.63) is 0 Å². The van der Waals surface area contributed by atoms with Gasteiger partial charge in [-0.1, -0.05) is 33.6 Å². The number of nitrogens with one attached hydrogen (secondary N) is 1. The maximum atomic E-state index is 3.70. The Balaban J connectivity index is 2.31. The van der Waals surface area contributed by atoms with Crippen LogP contribution in [-0.2, 0) is 0 Å². The topological polar surface area (TPSA) is 15.3 Å². The van der Waals surface area contributed by atoms with Gasteiger partial charge < -0.3 is 10.2 Å². The first-order chi connectivity index (χ1) is 8.13. The van der Waals surface area contributed by atoms with Crippen molar-refractivity contribution in [3.8, 4) is 0 Å². The maximum absolute atomic E-state index is 3.70. The van der Waals surface area contributed by atoms with Crippen LogP contribution in [0.25, 0.3) is 0 Å². The smallest absolute Gasteiger partial charge is 0.0222 e. The van der Waals surface area contributed by atoms with Crippen molar-refractivity contribution in [1.82, 2.24) is 10.2 Å². The number of likely N-dealkylation sites (N-methyl/N-ethyl adjacent to an activating group) is 2. The highest BCUT2D eigenvalue weighted by molar-refractivity contribution is 4.82. The van der Waals surface area contributed by atoms with Crippen molar-refractivity contribution in [2.75, 3.05) is 26.7 Å². The molecular formula is C15H32N2. The van der Waals surface area contributed by atoms with E-state index in [1.165, 1.54) is 45.2 Å². The Morgan fingerprint density at radius 3 is 2.41 bits per heavy atom. The zero-order valence-corrected chi connectivity index (χ0v) is 12.3. The van der Waals surface area contributed by atoms with E-state index in [1.807, 2.05) is 0 Å². The third-order valence-corrected chi connectivity index (χ3v) is 4.03. The third kappa shape index (κ3) is 5.87. The van der Waals surface area contributed by atoms with E-state index < -0.39 is 0 Å². The molecule has 0 spiro atoms. The average molecular weight is 240 g/mol. The zero-order valence-electron chi connectivity index (χ0n) is 12.3. The molecule has 0 aliphatic heterocycles. The Hall–Kier alpha value is -0.0800. The van der Waals surface area contributed by atoms with Crippen LogP contribution >= 0.6 is 0 Å². The SMILES string of the molecule is CCNC(CN(C)CCC(C)C)C1CCCC1. The van der Waals surface area contributed by atoms with Gasteiger partial charge in [0.25, 0.3) is 0 Å². The fraction of sp³-hybridized carbons (Fsp3) is 1.00. The summed E-state index contributed by atoms with van der Waals surface area (Å²) in [4.78, 5) is 2.52. The molecule has 0 aromatic carbocycles. The summed E-state index contributed by atoms with van der Waals surface area (Å²) in [5, 5.41) is 3.70. The first-order valence-corrected chi connectivity index (χ1v) is 7.55. The number of nitrogens with zero attached hydrogens (tertiary/aromatic N) is 1. The van der Waals surface area contributed by atoms with Gasteiger partial charge in [0.05, 0.1) is 0 Å². The zero-order chi connectivity index (χ0) is 12.7. The van der Waals surface area contributed by atoms with Crippen LogP contribution in [0.3, 0.4) is 0 Å². The molecule has 0 radical (unpaired) electrons. The highest BCUT2D eigenvalue weighted by atomic mass is 15.1. The summed E-state index contributed by atoms with van der Waals surface area (Å²) in [7, 11) is 2.28. The van der Waals surface area contributed by atoms with E-state index in [1.54, 1.807) is 0 Å². The Bertz CT molecular complexity index is 185. The highest BCUT2D eigenvalue weighted by Gasteiger charge is 2.25. The molecule has 1 saturated carbocycles. The first-order valence-electron chi connectivity index (χ1n) is 7.55. The summed E-state index contributed by atoms with van der Waals surface area (Å²) >= 11 is 0. The van der Waals surface area contributed by atoms with Crippen LogP contribution in [0.4, 0.5) is 0 Å². The second-order valence-corrected chi connectivity index (χ2v) is 6.15. The minimum absolute atomic E-state index is 0.722. The fourth-order valence-electron chi connectivity index (χ4n) is 2.91. The Labute approximate surface area is 108 Å². The van der Waals surface area contributed by atoms with Crippen molar-refractivity contribution in [2.24, 2.45) is 11.8 Å². The van der Waals surface area contributed by atoms with Crippen LogP contribution in [0.2, 0.25) is 0 Å². The lowest BCUT2D eigenvalue weighted by molar-refractivity contribution is 0.234. The van der Waals surface area contributed by atoms with E-state index in [-0.39, 0.29) is 0 Å². The summed E-state index contributed by atoms with van der Waals surface area (Å²) in [6, 6.07) is 0.722. The van der Waals surface area contributed by atoms with E-state index in [9.17, 15) is 0 Å². The van der Waals surface area contributed by atoms with Gasteiger partial charge in [0.2, 0.25) is 0 Å². The van der Waals surface area contributed by atoms with Crippen LogP contribution < -0.4 is 5.32 Å². The molecule has 2 nitrogen and oxygen atoms in total. The van der Waals surface area contributed by atoms with Gasteiger partial charge in [-0.25, -0.2) is 0 Å². The van der Waals surface area contributed by atoms with Gasteiger partial charge in [-0.3, -0.25) is 0 Å². The number of hydrogen-bond acceptors (Lipinski definition) is 2. The van der Waals surface area contributed by atoms with E-state index in [4.69, 9.17) is 0 Å². The molecule has 0 amide bonds. The second-order valence-electron chi connectivity index (χ2n) is 6.15. The van der Waals surface area contributed by atoms with Gasteiger partial charge in [0, 0.05) is 12.6 Å². The number of hydrogen-bond donors (Lipinski definition) is 1. The van der Waals surface area contributed by atoms with Crippen molar-refractivity contribution in [3.63, 3.8) is 0 Å². The Morgan fingerprint density at radius 2 is 1.88 bits per heavy atom. The summed E-state index contributed by atoms with van der Waals surface area (Å²) in [6.07, 6.45) is 7.09. The summed E-state index contributed by atoms with van der Waals surface area (Å²) < 4.78 is 0. The lowest BCUT2D eigenvalue weighted by Gasteiger charge is -2.29. The van der Waals surface area contributed by atoms with E-state index >= 15 is 0 Å². The molecule has 1 fully saturated rings. The van der Waals surface area contributed by atoms with Gasteiger partial charge >= 0.3 is 0 Å². The Kier molecular flexibility index (Phi) is 7.14. The molecular weight excluding hydrogens is 208 g/mol. The number of rotatable bonds is 8. The van der Waals surface area contributed by atoms with Crippen molar-refractivity contribution in [2.45, 2.75) is 58.9 Å². The Morgan fingerprint density at radius 1 is 1.24 bits per heavy atom. The molecule has 0 heterocycles. The summed E-state index contributed by atoms with van der Waals surface area (Å²) in [5.74, 6) is 1.75. The van der Waals surface area contributed by atoms with E-state index in [2.05, 4.69) is 38.0 Å². The molecule has 1 atom stereocenters. The molecule has 1 unspecified atom stereocenters. The van der Waals surface area contributed by atoms with Crippen molar-refractivity contribution < 1.29 is 0 Å². The van der Waals surface area contributed by atoms with Crippen LogP contribution in [0.1, 0.15) is 52.9 Å². The molecule has 0 saturated heterocycles. The van der Waals surface area contributed by atoms with Crippen molar-refractivity contribution >= 4 is 0 Å². The van der Waals surface area contributed by atoms with Gasteiger partial charge in [0.1, 0.15) is 0 Å². The molecule has 1 aliphatic carbocycles. The minimum Gasteiger partial charge on any atom is -0.313 e. The molecule has 1 aliphatic rings. The van der Waals surface area contributed by atoms with Gasteiger partial charge in [-0.05, 0) is 51.2 Å². The van der Waals surface area contributed by atoms with Crippen LogP contribution in [0.15, 0.2) is 0 Å². The standard InChI is InChI=1S/C15H32N2/c1-5-16-15(14-8-6-7-9-14)12-17(4)11-10-13(2)3/h13-16H,5-12H2,1-4H3. The predicted octanol–water partition coefficient (Wildman–Crippen LogP) is 3.13. The first kappa shape index (κ1) is 15.0. The van der Waals surface area contributed by atoms with Crippen molar-refractivity contribution in [1.29, 1.82) is 0 Å². The quantitative estimate of drug-likeness (QED) is 0.701. The van der Waals surface area contributed by atoms with Crippen LogP contribution in [0.5, 0.6) is 0 Å².